The van der Waals surface area contributed by atoms with E-state index in [2.05, 4.69) is 0 Å². The number of rotatable bonds is 4. The lowest BCUT2D eigenvalue weighted by Crippen LogP contribution is -2.67. The SMILES string of the molecule is CC(=O)O[C@@H]1[C@@H](OC(C)=O)[C@H](OC(C)=O)[C@@H](O)[C@@H](O)[C@H]1OC(C)=O. The van der Waals surface area contributed by atoms with Gasteiger partial charge in [-0.25, -0.2) is 0 Å². The molecule has 0 aromatic carbocycles. The predicted molar refractivity (Wildman–Crippen MR) is 74.2 cm³/mol. The van der Waals surface area contributed by atoms with Crippen LogP contribution in [-0.2, 0) is 38.1 Å². The second kappa shape index (κ2) is 8.06. The highest BCUT2D eigenvalue weighted by atomic mass is 16.6. The van der Waals surface area contributed by atoms with Gasteiger partial charge in [-0.3, -0.25) is 19.2 Å². The Kier molecular flexibility index (Phi) is 6.67. The molecule has 0 amide bonds. The van der Waals surface area contributed by atoms with Gasteiger partial charge in [-0.1, -0.05) is 0 Å². The van der Waals surface area contributed by atoms with Crippen LogP contribution in [0.1, 0.15) is 27.7 Å². The Morgan fingerprint density at radius 3 is 0.958 bits per heavy atom. The van der Waals surface area contributed by atoms with E-state index in [9.17, 15) is 29.4 Å². The lowest BCUT2D eigenvalue weighted by Gasteiger charge is -2.44. The van der Waals surface area contributed by atoms with Crippen LogP contribution in [0.15, 0.2) is 0 Å². The van der Waals surface area contributed by atoms with Gasteiger partial charge in [0.1, 0.15) is 12.2 Å². The highest BCUT2D eigenvalue weighted by Gasteiger charge is 2.56. The van der Waals surface area contributed by atoms with Crippen LogP contribution in [0.3, 0.4) is 0 Å². The fourth-order valence-corrected chi connectivity index (χ4v) is 2.46. The molecule has 1 fully saturated rings. The fourth-order valence-electron chi connectivity index (χ4n) is 2.46. The van der Waals surface area contributed by atoms with Crippen LogP contribution < -0.4 is 0 Å². The first-order valence-corrected chi connectivity index (χ1v) is 7.09. The quantitative estimate of drug-likeness (QED) is 0.452. The number of aliphatic hydroxyl groups is 2. The maximum atomic E-state index is 11.3. The molecule has 10 nitrogen and oxygen atoms in total. The lowest BCUT2D eigenvalue weighted by atomic mass is 9.84. The maximum Gasteiger partial charge on any atom is 0.303 e. The van der Waals surface area contributed by atoms with E-state index >= 15 is 0 Å². The number of ether oxygens (including phenoxy) is 4. The van der Waals surface area contributed by atoms with Crippen LogP contribution in [-0.4, -0.2) is 70.7 Å². The van der Waals surface area contributed by atoms with Crippen LogP contribution >= 0.6 is 0 Å². The number of aliphatic hydroxyl groups excluding tert-OH is 2. The second-order valence-electron chi connectivity index (χ2n) is 5.28. The third kappa shape index (κ3) is 4.90. The Bertz CT molecular complexity index is 470. The third-order valence-corrected chi connectivity index (χ3v) is 3.20. The number of carbonyl (C=O) groups is 4. The molecule has 1 aliphatic carbocycles. The van der Waals surface area contributed by atoms with Crippen LogP contribution in [0.5, 0.6) is 0 Å². The molecular formula is C14H20O10. The number of hydrogen-bond donors (Lipinski definition) is 2. The lowest BCUT2D eigenvalue weighted by molar-refractivity contribution is -0.251. The summed E-state index contributed by atoms with van der Waals surface area (Å²) >= 11 is 0. The van der Waals surface area contributed by atoms with Crippen LogP contribution in [0, 0.1) is 0 Å². The number of carbonyl (C=O) groups excluding carboxylic acids is 4. The average molecular weight is 348 g/mol. The van der Waals surface area contributed by atoms with E-state index in [-0.39, 0.29) is 0 Å². The molecule has 0 aliphatic heterocycles. The summed E-state index contributed by atoms with van der Waals surface area (Å²) in [5, 5.41) is 20.3. The van der Waals surface area contributed by atoms with Crippen molar-refractivity contribution in [1.29, 1.82) is 0 Å². The minimum atomic E-state index is -1.74. The van der Waals surface area contributed by atoms with E-state index in [1.165, 1.54) is 0 Å². The minimum absolute atomic E-state index is 0.820. The summed E-state index contributed by atoms with van der Waals surface area (Å²) in [6.45, 7) is 4.19. The zero-order valence-corrected chi connectivity index (χ0v) is 13.6. The molecule has 6 atom stereocenters. The van der Waals surface area contributed by atoms with Crippen molar-refractivity contribution in [3.05, 3.63) is 0 Å². The van der Waals surface area contributed by atoms with E-state index in [0.717, 1.165) is 27.7 Å². The Balaban J connectivity index is 3.28. The topological polar surface area (TPSA) is 146 Å². The Morgan fingerprint density at radius 1 is 0.542 bits per heavy atom. The molecule has 0 aromatic rings. The van der Waals surface area contributed by atoms with Gasteiger partial charge in [-0.2, -0.15) is 0 Å². The molecule has 0 aromatic heterocycles. The standard InChI is InChI=1S/C14H20O10/c1-5(15)21-11-9(19)10(20)12(22-6(2)16)14(24-8(4)18)13(11)23-7(3)17/h9-14,19-20H,1-4H3/t9-,10+,11-,12-,13+,14+/m1/s1. The molecule has 1 rings (SSSR count). The first-order chi connectivity index (χ1) is 11.0. The third-order valence-electron chi connectivity index (χ3n) is 3.20. The summed E-state index contributed by atoms with van der Waals surface area (Å²) in [5.74, 6) is -3.29. The highest BCUT2D eigenvalue weighted by molar-refractivity contribution is 5.69. The second-order valence-corrected chi connectivity index (χ2v) is 5.28. The number of hydrogen-bond acceptors (Lipinski definition) is 10. The normalized spacial score (nSPS) is 32.4. The molecule has 0 unspecified atom stereocenters. The molecule has 24 heavy (non-hydrogen) atoms. The van der Waals surface area contributed by atoms with Gasteiger partial charge in [0.15, 0.2) is 24.4 Å². The van der Waals surface area contributed by atoms with Crippen molar-refractivity contribution in [2.24, 2.45) is 0 Å². The Hall–Kier alpha value is -2.20. The number of esters is 4. The van der Waals surface area contributed by atoms with Gasteiger partial charge in [-0.15, -0.1) is 0 Å². The minimum Gasteiger partial charge on any atom is -0.456 e. The Morgan fingerprint density at radius 2 is 0.750 bits per heavy atom. The smallest absolute Gasteiger partial charge is 0.303 e. The van der Waals surface area contributed by atoms with Gasteiger partial charge in [0.25, 0.3) is 0 Å². The summed E-state index contributed by atoms with van der Waals surface area (Å²) in [7, 11) is 0. The summed E-state index contributed by atoms with van der Waals surface area (Å²) in [4.78, 5) is 45.1. The molecule has 2 N–H and O–H groups in total. The molecule has 0 spiro atoms. The van der Waals surface area contributed by atoms with Gasteiger partial charge >= 0.3 is 23.9 Å². The van der Waals surface area contributed by atoms with Gasteiger partial charge in [0.05, 0.1) is 0 Å². The van der Waals surface area contributed by atoms with E-state index in [0.29, 0.717) is 0 Å². The first-order valence-electron chi connectivity index (χ1n) is 7.09. The van der Waals surface area contributed by atoms with Crippen LogP contribution in [0.25, 0.3) is 0 Å². The van der Waals surface area contributed by atoms with E-state index in [4.69, 9.17) is 18.9 Å². The van der Waals surface area contributed by atoms with Crippen LogP contribution in [0.2, 0.25) is 0 Å². The summed E-state index contributed by atoms with van der Waals surface area (Å²) in [5.41, 5.74) is 0. The maximum absolute atomic E-state index is 11.3. The molecule has 10 heteroatoms. The fraction of sp³-hybridized carbons (Fsp3) is 0.714. The van der Waals surface area contributed by atoms with Crippen molar-refractivity contribution in [3.63, 3.8) is 0 Å². The molecular weight excluding hydrogens is 328 g/mol. The highest BCUT2D eigenvalue weighted by Crippen LogP contribution is 2.30. The molecule has 0 heterocycles. The summed E-state index contributed by atoms with van der Waals surface area (Å²) < 4.78 is 19.8. The van der Waals surface area contributed by atoms with Crippen LogP contribution in [0.4, 0.5) is 0 Å². The van der Waals surface area contributed by atoms with Gasteiger partial charge in [0, 0.05) is 27.7 Å². The van der Waals surface area contributed by atoms with Crippen molar-refractivity contribution in [3.8, 4) is 0 Å². The van der Waals surface area contributed by atoms with Crippen molar-refractivity contribution >= 4 is 23.9 Å². The largest absolute Gasteiger partial charge is 0.456 e. The van der Waals surface area contributed by atoms with Crippen molar-refractivity contribution in [2.75, 3.05) is 0 Å². The first kappa shape index (κ1) is 19.8. The summed E-state index contributed by atoms with van der Waals surface area (Å²) in [6, 6.07) is 0. The average Bonchev–Trinajstić information content (AvgIpc) is 2.42. The van der Waals surface area contributed by atoms with Gasteiger partial charge < -0.3 is 29.2 Å². The van der Waals surface area contributed by atoms with Crippen molar-refractivity contribution < 1.29 is 48.3 Å². The predicted octanol–water partition coefficient (Wildman–Crippen LogP) is -1.55. The van der Waals surface area contributed by atoms with Gasteiger partial charge in [-0.05, 0) is 0 Å². The molecule has 136 valence electrons. The molecule has 0 saturated heterocycles. The van der Waals surface area contributed by atoms with E-state index in [1.54, 1.807) is 0 Å². The van der Waals surface area contributed by atoms with Crippen molar-refractivity contribution in [2.45, 2.75) is 64.3 Å². The Labute approximate surface area is 137 Å². The van der Waals surface area contributed by atoms with Crippen molar-refractivity contribution in [1.82, 2.24) is 0 Å². The van der Waals surface area contributed by atoms with Gasteiger partial charge in [0.2, 0.25) is 0 Å². The molecule has 0 radical (unpaired) electrons. The molecule has 0 bridgehead atoms. The van der Waals surface area contributed by atoms with E-state index < -0.39 is 60.5 Å². The zero-order valence-electron chi connectivity index (χ0n) is 13.6. The molecule has 1 saturated carbocycles. The summed E-state index contributed by atoms with van der Waals surface area (Å²) in [6.07, 6.45) is -9.46. The van der Waals surface area contributed by atoms with E-state index in [1.807, 2.05) is 0 Å². The zero-order chi connectivity index (χ0) is 18.6. The monoisotopic (exact) mass is 348 g/mol. The molecule has 1 aliphatic rings.